The maximum Gasteiger partial charge on any atom is 0.268 e. The molecule has 0 aromatic heterocycles. The van der Waals surface area contributed by atoms with E-state index in [-0.39, 0.29) is 12.2 Å². The fourth-order valence-corrected chi connectivity index (χ4v) is 3.00. The van der Waals surface area contributed by atoms with Gasteiger partial charge in [0, 0.05) is 23.6 Å². The highest BCUT2D eigenvalue weighted by molar-refractivity contribution is 5.98. The molecule has 35 heavy (non-hydrogen) atoms. The van der Waals surface area contributed by atoms with E-state index < -0.39 is 35.7 Å². The molecule has 182 valence electrons. The van der Waals surface area contributed by atoms with Gasteiger partial charge < -0.3 is 15.7 Å². The van der Waals surface area contributed by atoms with Crippen molar-refractivity contribution in [3.63, 3.8) is 0 Å². The topological polar surface area (TPSA) is 128 Å². The van der Waals surface area contributed by atoms with Crippen LogP contribution in [-0.2, 0) is 16.2 Å². The van der Waals surface area contributed by atoms with E-state index in [0.717, 1.165) is 25.0 Å². The molecule has 10 heteroatoms. The molecule has 5 N–H and O–H groups in total. The quantitative estimate of drug-likeness (QED) is 0.231. The molecule has 8 nitrogen and oxygen atoms in total. The van der Waals surface area contributed by atoms with Gasteiger partial charge in [-0.1, -0.05) is 24.0 Å². The van der Waals surface area contributed by atoms with E-state index in [4.69, 9.17) is 10.3 Å². The Balaban J connectivity index is 2.15. The van der Waals surface area contributed by atoms with E-state index in [1.165, 1.54) is 29.7 Å². The molecule has 0 fully saturated rings. The van der Waals surface area contributed by atoms with Gasteiger partial charge >= 0.3 is 0 Å². The molecule has 0 bridgehead atoms. The predicted molar refractivity (Wildman–Crippen MR) is 122 cm³/mol. The summed E-state index contributed by atoms with van der Waals surface area (Å²) in [7, 11) is 0. The van der Waals surface area contributed by atoms with Gasteiger partial charge in [0.25, 0.3) is 18.2 Å². The van der Waals surface area contributed by atoms with Crippen LogP contribution in [-0.4, -0.2) is 46.0 Å². The standard InChI is InChI=1S/C25H23F2N3O5/c1-16(32)29-25(2,24(26)27)21(23(34)30-35)28-22(33)20-13-11-18(12-14-20)6-4-3-5-17-7-9-19(15-31)10-8-17/h7-14,21,24,31,35H,15H2,1-2H3,(H,28,33)(H,29,32)(H,30,34). The summed E-state index contributed by atoms with van der Waals surface area (Å²) in [6.45, 7) is 1.80. The van der Waals surface area contributed by atoms with E-state index in [1.807, 2.05) is 5.32 Å². The molecule has 3 amide bonds. The molecule has 2 aromatic rings. The molecule has 0 heterocycles. The van der Waals surface area contributed by atoms with Crippen molar-refractivity contribution < 1.29 is 33.5 Å². The van der Waals surface area contributed by atoms with E-state index >= 15 is 0 Å². The van der Waals surface area contributed by atoms with Crippen LogP contribution < -0.4 is 16.1 Å². The number of rotatable bonds is 7. The normalized spacial score (nSPS) is 12.7. The van der Waals surface area contributed by atoms with Crippen LogP contribution in [0.1, 0.15) is 40.9 Å². The van der Waals surface area contributed by atoms with E-state index in [0.29, 0.717) is 5.56 Å². The zero-order chi connectivity index (χ0) is 26.0. The van der Waals surface area contributed by atoms with Crippen molar-refractivity contribution in [2.24, 2.45) is 0 Å². The van der Waals surface area contributed by atoms with Gasteiger partial charge in [0.2, 0.25) is 5.91 Å². The number of carbonyl (C=O) groups is 3. The van der Waals surface area contributed by atoms with Crippen LogP contribution in [0.3, 0.4) is 0 Å². The number of hydroxylamine groups is 1. The second-order valence-corrected chi connectivity index (χ2v) is 7.58. The summed E-state index contributed by atoms with van der Waals surface area (Å²) in [5, 5.41) is 22.1. The Morgan fingerprint density at radius 1 is 0.971 bits per heavy atom. The highest BCUT2D eigenvalue weighted by atomic mass is 19.3. The largest absolute Gasteiger partial charge is 0.392 e. The molecule has 0 saturated heterocycles. The molecule has 2 atom stereocenters. The number of hydrogen-bond acceptors (Lipinski definition) is 5. The number of aliphatic hydroxyl groups excluding tert-OH is 1. The third-order valence-electron chi connectivity index (χ3n) is 4.91. The lowest BCUT2D eigenvalue weighted by atomic mass is 9.91. The average Bonchev–Trinajstić information content (AvgIpc) is 2.84. The molecule has 0 radical (unpaired) electrons. The van der Waals surface area contributed by atoms with Crippen LogP contribution in [0.25, 0.3) is 0 Å². The highest BCUT2D eigenvalue weighted by Gasteiger charge is 2.48. The minimum Gasteiger partial charge on any atom is -0.392 e. The number of amides is 3. The molecule has 0 aliphatic rings. The first-order valence-corrected chi connectivity index (χ1v) is 10.2. The van der Waals surface area contributed by atoms with Gasteiger partial charge in [0.15, 0.2) is 0 Å². The Labute approximate surface area is 200 Å². The van der Waals surface area contributed by atoms with Gasteiger partial charge in [-0.15, -0.1) is 0 Å². The second-order valence-electron chi connectivity index (χ2n) is 7.58. The van der Waals surface area contributed by atoms with Crippen LogP contribution in [0.5, 0.6) is 0 Å². The molecule has 2 unspecified atom stereocenters. The van der Waals surface area contributed by atoms with Gasteiger partial charge in [-0.25, -0.2) is 14.3 Å². The number of halogens is 2. The minimum absolute atomic E-state index is 0.0285. The number of carbonyl (C=O) groups excluding carboxylic acids is 3. The Bertz CT molecular complexity index is 1190. The molecule has 0 saturated carbocycles. The highest BCUT2D eigenvalue weighted by Crippen LogP contribution is 2.21. The van der Waals surface area contributed by atoms with Crippen LogP contribution in [0.15, 0.2) is 48.5 Å². The average molecular weight is 483 g/mol. The van der Waals surface area contributed by atoms with Gasteiger partial charge in [-0.3, -0.25) is 19.6 Å². The SMILES string of the molecule is CC(=O)NC(C)(C(F)F)C(NC(=O)c1ccc(C#CC#Cc2ccc(CO)cc2)cc1)C(=O)NO. The second kappa shape index (κ2) is 12.3. The number of hydrogen-bond donors (Lipinski definition) is 5. The van der Waals surface area contributed by atoms with Crippen LogP contribution in [0, 0.1) is 23.7 Å². The zero-order valence-electron chi connectivity index (χ0n) is 18.9. The summed E-state index contributed by atoms with van der Waals surface area (Å²) < 4.78 is 27.4. The third kappa shape index (κ3) is 7.37. The van der Waals surface area contributed by atoms with Crippen LogP contribution >= 0.6 is 0 Å². The van der Waals surface area contributed by atoms with Crippen molar-refractivity contribution in [2.75, 3.05) is 0 Å². The number of benzene rings is 2. The number of nitrogens with one attached hydrogen (secondary N) is 3. The summed E-state index contributed by atoms with van der Waals surface area (Å²) in [6.07, 6.45) is -3.25. The predicted octanol–water partition coefficient (Wildman–Crippen LogP) is 1.35. The molecule has 0 aliphatic carbocycles. The fraction of sp³-hybridized carbons (Fsp3) is 0.240. The van der Waals surface area contributed by atoms with Gasteiger partial charge in [0.1, 0.15) is 11.6 Å². The third-order valence-corrected chi connectivity index (χ3v) is 4.91. The lowest BCUT2D eigenvalue weighted by Crippen LogP contribution is -2.68. The monoisotopic (exact) mass is 483 g/mol. The van der Waals surface area contributed by atoms with E-state index in [1.54, 1.807) is 24.3 Å². The maximum atomic E-state index is 13.7. The maximum absolute atomic E-state index is 13.7. The Kier molecular flexibility index (Phi) is 9.47. The molecule has 2 aromatic carbocycles. The summed E-state index contributed by atoms with van der Waals surface area (Å²) in [6, 6.07) is 10.8. The molecule has 0 spiro atoms. The number of alkyl halides is 2. The summed E-state index contributed by atoms with van der Waals surface area (Å²) in [4.78, 5) is 36.0. The molecule has 0 aliphatic heterocycles. The zero-order valence-corrected chi connectivity index (χ0v) is 18.9. The summed E-state index contributed by atoms with van der Waals surface area (Å²) in [5.74, 6) is 7.92. The first-order valence-electron chi connectivity index (χ1n) is 10.2. The van der Waals surface area contributed by atoms with Crippen molar-refractivity contribution in [3.05, 3.63) is 70.8 Å². The lowest BCUT2D eigenvalue weighted by molar-refractivity contribution is -0.137. The van der Waals surface area contributed by atoms with Gasteiger partial charge in [-0.2, -0.15) is 0 Å². The van der Waals surface area contributed by atoms with Gasteiger partial charge in [0.05, 0.1) is 6.61 Å². The lowest BCUT2D eigenvalue weighted by Gasteiger charge is -2.36. The van der Waals surface area contributed by atoms with Crippen molar-refractivity contribution >= 4 is 17.7 Å². The Morgan fingerprint density at radius 2 is 1.49 bits per heavy atom. The van der Waals surface area contributed by atoms with E-state index in [9.17, 15) is 23.2 Å². The van der Waals surface area contributed by atoms with E-state index in [2.05, 4.69) is 29.0 Å². The van der Waals surface area contributed by atoms with Crippen molar-refractivity contribution in [2.45, 2.75) is 38.5 Å². The summed E-state index contributed by atoms with van der Waals surface area (Å²) >= 11 is 0. The van der Waals surface area contributed by atoms with Crippen LogP contribution in [0.4, 0.5) is 8.78 Å². The molecule has 2 rings (SSSR count). The Hall–Kier alpha value is -4.25. The van der Waals surface area contributed by atoms with Crippen molar-refractivity contribution in [1.82, 2.24) is 16.1 Å². The van der Waals surface area contributed by atoms with Crippen molar-refractivity contribution in [3.8, 4) is 23.7 Å². The number of aliphatic hydroxyl groups is 1. The Morgan fingerprint density at radius 3 is 1.91 bits per heavy atom. The fourth-order valence-electron chi connectivity index (χ4n) is 3.00. The first kappa shape index (κ1) is 27.0. The smallest absolute Gasteiger partial charge is 0.268 e. The molecular weight excluding hydrogens is 460 g/mol. The first-order chi connectivity index (χ1) is 16.6. The van der Waals surface area contributed by atoms with Crippen LogP contribution in [0.2, 0.25) is 0 Å². The van der Waals surface area contributed by atoms with Crippen molar-refractivity contribution in [1.29, 1.82) is 0 Å². The molecular formula is C25H23F2N3O5. The summed E-state index contributed by atoms with van der Waals surface area (Å²) in [5.41, 5.74) is 0.779. The van der Waals surface area contributed by atoms with Gasteiger partial charge in [-0.05, 0) is 60.7 Å². The minimum atomic E-state index is -3.25.